The van der Waals surface area contributed by atoms with Crippen LogP contribution in [0.25, 0.3) is 16.9 Å². The van der Waals surface area contributed by atoms with E-state index < -0.39 is 0 Å². The van der Waals surface area contributed by atoms with Crippen molar-refractivity contribution in [3.8, 4) is 11.4 Å². The minimum Gasteiger partial charge on any atom is -0.369 e. The van der Waals surface area contributed by atoms with E-state index in [4.69, 9.17) is 5.73 Å². The van der Waals surface area contributed by atoms with Gasteiger partial charge in [-0.15, -0.1) is 5.10 Å². The fraction of sp³-hybridized carbons (Fsp3) is 0.261. The molecule has 0 atom stereocenters. The molecule has 9 heteroatoms. The normalized spacial score (nSPS) is 15.1. The highest BCUT2D eigenvalue weighted by Crippen LogP contribution is 2.29. The number of hydrogen-bond acceptors (Lipinski definition) is 7. The van der Waals surface area contributed by atoms with Gasteiger partial charge >= 0.3 is 0 Å². The Balaban J connectivity index is 1.28. The van der Waals surface area contributed by atoms with Crippen LogP contribution in [0.15, 0.2) is 61.2 Å². The van der Waals surface area contributed by atoms with Crippen LogP contribution in [0, 0.1) is 0 Å². The Morgan fingerprint density at radius 3 is 2.56 bits per heavy atom. The molecule has 162 valence electrons. The van der Waals surface area contributed by atoms with Crippen molar-refractivity contribution in [2.75, 3.05) is 25.0 Å². The fourth-order valence-corrected chi connectivity index (χ4v) is 4.20. The molecule has 0 aliphatic carbocycles. The highest BCUT2D eigenvalue weighted by atomic mass is 16.1. The van der Waals surface area contributed by atoms with Crippen LogP contribution in [0.3, 0.4) is 0 Å². The maximum Gasteiger partial charge on any atom is 0.245 e. The number of piperidine rings is 1. The van der Waals surface area contributed by atoms with Gasteiger partial charge < -0.3 is 11.1 Å². The summed E-state index contributed by atoms with van der Waals surface area (Å²) in [5, 5.41) is 7.92. The predicted octanol–water partition coefficient (Wildman–Crippen LogP) is 2.59. The third-order valence-corrected chi connectivity index (χ3v) is 5.83. The lowest BCUT2D eigenvalue weighted by Gasteiger charge is -2.31. The van der Waals surface area contributed by atoms with Crippen LogP contribution in [0.5, 0.6) is 0 Å². The average Bonchev–Trinajstić information content (AvgIpc) is 3.24. The second-order valence-electron chi connectivity index (χ2n) is 7.99. The third-order valence-electron chi connectivity index (χ3n) is 5.83. The van der Waals surface area contributed by atoms with E-state index in [0.29, 0.717) is 18.4 Å². The summed E-state index contributed by atoms with van der Waals surface area (Å²) in [6.07, 6.45) is 8.86. The molecule has 0 radical (unpaired) electrons. The number of anilines is 2. The second-order valence-corrected chi connectivity index (χ2v) is 7.99. The number of primary amides is 1. The number of likely N-dealkylation sites (tertiary alicyclic amines) is 1. The van der Waals surface area contributed by atoms with Gasteiger partial charge in [-0.05, 0) is 61.7 Å². The van der Waals surface area contributed by atoms with E-state index in [0.717, 1.165) is 48.5 Å². The van der Waals surface area contributed by atoms with Gasteiger partial charge in [-0.25, -0.2) is 9.50 Å². The van der Waals surface area contributed by atoms with Crippen LogP contribution in [-0.2, 0) is 4.79 Å². The summed E-state index contributed by atoms with van der Waals surface area (Å²) in [7, 11) is 0. The number of amides is 1. The van der Waals surface area contributed by atoms with E-state index >= 15 is 0 Å². The smallest absolute Gasteiger partial charge is 0.245 e. The Morgan fingerprint density at radius 2 is 1.84 bits per heavy atom. The van der Waals surface area contributed by atoms with Crippen molar-refractivity contribution in [1.82, 2.24) is 29.5 Å². The molecule has 0 spiro atoms. The summed E-state index contributed by atoms with van der Waals surface area (Å²) in [6.45, 7) is 2.14. The molecule has 1 amide bonds. The van der Waals surface area contributed by atoms with E-state index in [2.05, 4.69) is 54.5 Å². The predicted molar refractivity (Wildman–Crippen MR) is 121 cm³/mol. The largest absolute Gasteiger partial charge is 0.369 e. The highest BCUT2D eigenvalue weighted by molar-refractivity contribution is 5.75. The van der Waals surface area contributed by atoms with Gasteiger partial charge in [-0.1, -0.05) is 12.1 Å². The lowest BCUT2D eigenvalue weighted by Crippen LogP contribution is -2.39. The zero-order valence-electron chi connectivity index (χ0n) is 17.6. The van der Waals surface area contributed by atoms with Crippen molar-refractivity contribution in [2.45, 2.75) is 18.8 Å². The number of rotatable bonds is 6. The maximum atomic E-state index is 11.1. The standard InChI is InChI=1S/C23H24N8O/c24-22(32)15-30-11-7-17(8-12-30)16-1-3-18(4-2-16)28-23-27-13-19-5-6-21(31(19)29-23)20-14-25-9-10-26-20/h1-6,9-10,13-14,17H,7-8,11-12,15H2,(H2,24,32)(H,28,29). The van der Waals surface area contributed by atoms with E-state index in [-0.39, 0.29) is 5.91 Å². The monoisotopic (exact) mass is 428 g/mol. The number of benzene rings is 1. The molecule has 0 bridgehead atoms. The van der Waals surface area contributed by atoms with E-state index in [9.17, 15) is 4.79 Å². The first-order valence-electron chi connectivity index (χ1n) is 10.6. The first-order chi connectivity index (χ1) is 15.7. The number of fused-ring (bicyclic) bond motifs is 1. The summed E-state index contributed by atoms with van der Waals surface area (Å²) < 4.78 is 1.81. The van der Waals surface area contributed by atoms with Gasteiger partial charge in [0.1, 0.15) is 5.69 Å². The Kier molecular flexibility index (Phi) is 5.47. The minimum atomic E-state index is -0.261. The fourth-order valence-electron chi connectivity index (χ4n) is 4.20. The molecule has 9 nitrogen and oxygen atoms in total. The molecule has 3 N–H and O–H groups in total. The number of nitrogens with one attached hydrogen (secondary N) is 1. The number of nitrogens with two attached hydrogens (primary N) is 1. The molecule has 1 aliphatic rings. The van der Waals surface area contributed by atoms with Gasteiger partial charge in [-0.3, -0.25) is 19.7 Å². The SMILES string of the molecule is NC(=O)CN1CCC(c2ccc(Nc3ncc4ccc(-c5cnccn5)n4n3)cc2)CC1. The third kappa shape index (κ3) is 4.28. The van der Waals surface area contributed by atoms with Crippen molar-refractivity contribution in [3.05, 3.63) is 66.7 Å². The number of carbonyl (C=O) groups is 1. The van der Waals surface area contributed by atoms with Gasteiger partial charge in [0.25, 0.3) is 0 Å². The Morgan fingerprint density at radius 1 is 1.03 bits per heavy atom. The van der Waals surface area contributed by atoms with E-state index in [1.165, 1.54) is 5.56 Å². The van der Waals surface area contributed by atoms with Gasteiger partial charge in [0, 0.05) is 18.1 Å². The number of hydrogen-bond donors (Lipinski definition) is 2. The molecule has 3 aromatic heterocycles. The molecule has 5 rings (SSSR count). The van der Waals surface area contributed by atoms with Crippen molar-refractivity contribution in [3.63, 3.8) is 0 Å². The first kappa shape index (κ1) is 20.1. The first-order valence-corrected chi connectivity index (χ1v) is 10.6. The van der Waals surface area contributed by atoms with Gasteiger partial charge in [0.15, 0.2) is 0 Å². The molecule has 0 saturated carbocycles. The van der Waals surface area contributed by atoms with E-state index in [1.54, 1.807) is 24.8 Å². The molecule has 1 aromatic carbocycles. The van der Waals surface area contributed by atoms with Gasteiger partial charge in [0.05, 0.1) is 30.1 Å². The summed E-state index contributed by atoms with van der Waals surface area (Å²) in [5.74, 6) is 0.740. The second kappa shape index (κ2) is 8.72. The van der Waals surface area contributed by atoms with Crippen LogP contribution in [0.2, 0.25) is 0 Å². The Hall–Kier alpha value is -3.85. The highest BCUT2D eigenvalue weighted by Gasteiger charge is 2.21. The lowest BCUT2D eigenvalue weighted by molar-refractivity contribution is -0.119. The summed E-state index contributed by atoms with van der Waals surface area (Å²) in [4.78, 5) is 26.2. The Labute approximate surface area is 185 Å². The molecule has 4 heterocycles. The number of carbonyl (C=O) groups excluding carboxylic acids is 1. The van der Waals surface area contributed by atoms with Gasteiger partial charge in [0.2, 0.25) is 11.9 Å². The van der Waals surface area contributed by atoms with Crippen molar-refractivity contribution in [1.29, 1.82) is 0 Å². The van der Waals surface area contributed by atoms with Crippen LogP contribution in [-0.4, -0.2) is 55.0 Å². The van der Waals surface area contributed by atoms with Crippen LogP contribution < -0.4 is 11.1 Å². The summed E-state index contributed by atoms with van der Waals surface area (Å²) in [5.41, 5.74) is 10.0. The molecule has 0 unspecified atom stereocenters. The molecule has 4 aromatic rings. The van der Waals surface area contributed by atoms with Gasteiger partial charge in [-0.2, -0.15) is 0 Å². The zero-order chi connectivity index (χ0) is 21.9. The molecule has 32 heavy (non-hydrogen) atoms. The summed E-state index contributed by atoms with van der Waals surface area (Å²) >= 11 is 0. The van der Waals surface area contributed by atoms with Crippen LogP contribution in [0.1, 0.15) is 24.3 Å². The molecule has 1 saturated heterocycles. The molecule has 1 fully saturated rings. The van der Waals surface area contributed by atoms with E-state index in [1.807, 2.05) is 16.6 Å². The molecular weight excluding hydrogens is 404 g/mol. The topological polar surface area (TPSA) is 114 Å². The average molecular weight is 429 g/mol. The van der Waals surface area contributed by atoms with Crippen LogP contribution >= 0.6 is 0 Å². The summed E-state index contributed by atoms with van der Waals surface area (Å²) in [6, 6.07) is 12.3. The minimum absolute atomic E-state index is 0.261. The zero-order valence-corrected chi connectivity index (χ0v) is 17.6. The Bertz CT molecular complexity index is 1210. The van der Waals surface area contributed by atoms with Crippen LogP contribution in [0.4, 0.5) is 11.6 Å². The quantitative estimate of drug-likeness (QED) is 0.485. The molecule has 1 aliphatic heterocycles. The maximum absolute atomic E-state index is 11.1. The van der Waals surface area contributed by atoms with Crippen molar-refractivity contribution in [2.24, 2.45) is 5.73 Å². The lowest BCUT2D eigenvalue weighted by atomic mass is 9.89. The molecular formula is C23H24N8O. The van der Waals surface area contributed by atoms with Crippen molar-refractivity contribution < 1.29 is 4.79 Å². The number of nitrogens with zero attached hydrogens (tertiary/aromatic N) is 6. The number of aromatic nitrogens is 5. The van der Waals surface area contributed by atoms with Crippen molar-refractivity contribution >= 4 is 23.1 Å².